The van der Waals surface area contributed by atoms with Crippen molar-refractivity contribution >= 4 is 18.2 Å². The Bertz CT molecular complexity index is 663. The molecule has 0 spiro atoms. The first-order valence-electron chi connectivity index (χ1n) is 7.16. The van der Waals surface area contributed by atoms with Crippen LogP contribution in [0.5, 0.6) is 11.5 Å². The van der Waals surface area contributed by atoms with E-state index in [1.54, 1.807) is 36.6 Å². The summed E-state index contributed by atoms with van der Waals surface area (Å²) in [5, 5.41) is 3.78. The van der Waals surface area contributed by atoms with Crippen LogP contribution in [-0.2, 0) is 4.79 Å². The molecule has 0 unspecified atom stereocenters. The van der Waals surface area contributed by atoms with Gasteiger partial charge in [0.25, 0.3) is 5.91 Å². The number of hydrazone groups is 1. The Kier molecular flexibility index (Phi) is 6.46. The Balaban J connectivity index is 1.75. The average molecular weight is 314 g/mol. The molecule has 0 aliphatic carbocycles. The Labute approximate surface area is 134 Å². The zero-order valence-corrected chi connectivity index (χ0v) is 12.8. The molecular weight excluding hydrogens is 296 g/mol. The molecule has 0 fully saturated rings. The summed E-state index contributed by atoms with van der Waals surface area (Å²) in [4.78, 5) is 11.6. The van der Waals surface area contributed by atoms with Gasteiger partial charge in [0, 0.05) is 6.21 Å². The predicted octanol–water partition coefficient (Wildman–Crippen LogP) is 2.87. The summed E-state index contributed by atoms with van der Waals surface area (Å²) < 4.78 is 15.9. The van der Waals surface area contributed by atoms with Crippen molar-refractivity contribution in [2.45, 2.75) is 6.92 Å². The highest BCUT2D eigenvalue weighted by atomic mass is 16.5. The van der Waals surface area contributed by atoms with Crippen LogP contribution >= 0.6 is 0 Å². The standard InChI is InChI=1S/C17H18N2O4/c1-2-21-15-9-3-4-10-16(15)23-13-17(20)19-18-11-5-7-14-8-6-12-22-14/h3-12H,2,13H2,1H3,(H,19,20). The lowest BCUT2D eigenvalue weighted by Crippen LogP contribution is -2.24. The number of rotatable bonds is 8. The van der Waals surface area contributed by atoms with E-state index in [4.69, 9.17) is 13.9 Å². The maximum atomic E-state index is 11.6. The molecule has 1 heterocycles. The first-order chi connectivity index (χ1) is 11.3. The molecule has 1 aromatic heterocycles. The van der Waals surface area contributed by atoms with Crippen molar-refractivity contribution in [1.29, 1.82) is 0 Å². The summed E-state index contributed by atoms with van der Waals surface area (Å²) in [7, 11) is 0. The lowest BCUT2D eigenvalue weighted by Gasteiger charge is -2.10. The van der Waals surface area contributed by atoms with Gasteiger partial charge in [0.2, 0.25) is 0 Å². The molecule has 1 amide bonds. The molecule has 2 aromatic rings. The van der Waals surface area contributed by atoms with Crippen LogP contribution < -0.4 is 14.9 Å². The minimum Gasteiger partial charge on any atom is -0.490 e. The topological polar surface area (TPSA) is 73.1 Å². The average Bonchev–Trinajstić information content (AvgIpc) is 3.07. The maximum Gasteiger partial charge on any atom is 0.277 e. The highest BCUT2D eigenvalue weighted by Crippen LogP contribution is 2.26. The number of hydrogen-bond donors (Lipinski definition) is 1. The molecule has 0 radical (unpaired) electrons. The highest BCUT2D eigenvalue weighted by molar-refractivity contribution is 5.81. The summed E-state index contributed by atoms with van der Waals surface area (Å²) in [5.41, 5.74) is 2.37. The van der Waals surface area contributed by atoms with E-state index in [1.165, 1.54) is 6.21 Å². The second kappa shape index (κ2) is 9.09. The maximum absolute atomic E-state index is 11.6. The third kappa shape index (κ3) is 5.70. The van der Waals surface area contributed by atoms with E-state index in [9.17, 15) is 4.79 Å². The molecule has 1 aromatic carbocycles. The number of carbonyl (C=O) groups excluding carboxylic acids is 1. The summed E-state index contributed by atoms with van der Waals surface area (Å²) in [6.07, 6.45) is 6.42. The normalized spacial score (nSPS) is 11.0. The molecule has 0 aliphatic rings. The molecule has 120 valence electrons. The van der Waals surface area contributed by atoms with Crippen LogP contribution in [-0.4, -0.2) is 25.3 Å². The van der Waals surface area contributed by atoms with Gasteiger partial charge in [-0.05, 0) is 43.3 Å². The number of hydrogen-bond acceptors (Lipinski definition) is 5. The molecule has 23 heavy (non-hydrogen) atoms. The molecule has 6 nitrogen and oxygen atoms in total. The molecule has 0 atom stereocenters. The Morgan fingerprint density at radius 2 is 2.00 bits per heavy atom. The molecular formula is C17H18N2O4. The monoisotopic (exact) mass is 314 g/mol. The van der Waals surface area contributed by atoms with Crippen molar-refractivity contribution in [3.63, 3.8) is 0 Å². The molecule has 6 heteroatoms. The third-order valence-electron chi connectivity index (χ3n) is 2.66. The molecule has 2 rings (SSSR count). The highest BCUT2D eigenvalue weighted by Gasteiger charge is 2.06. The van der Waals surface area contributed by atoms with E-state index in [1.807, 2.05) is 25.1 Å². The molecule has 0 saturated carbocycles. The zero-order chi connectivity index (χ0) is 16.3. The number of nitrogens with zero attached hydrogens (tertiary/aromatic N) is 1. The number of para-hydroxylation sites is 2. The van der Waals surface area contributed by atoms with Crippen molar-refractivity contribution in [3.05, 3.63) is 54.5 Å². The van der Waals surface area contributed by atoms with Gasteiger partial charge in [-0.15, -0.1) is 0 Å². The first-order valence-corrected chi connectivity index (χ1v) is 7.16. The fraction of sp³-hybridized carbons (Fsp3) is 0.176. The second-order valence-corrected chi connectivity index (χ2v) is 4.36. The van der Waals surface area contributed by atoms with Crippen molar-refractivity contribution in [2.75, 3.05) is 13.2 Å². The minimum atomic E-state index is -0.362. The predicted molar refractivity (Wildman–Crippen MR) is 87.5 cm³/mol. The number of amides is 1. The van der Waals surface area contributed by atoms with Crippen LogP contribution in [0.25, 0.3) is 6.08 Å². The number of allylic oxidation sites excluding steroid dienone is 1. The molecule has 0 bridgehead atoms. The van der Waals surface area contributed by atoms with E-state index in [-0.39, 0.29) is 12.5 Å². The summed E-state index contributed by atoms with van der Waals surface area (Å²) in [5.74, 6) is 1.47. The summed E-state index contributed by atoms with van der Waals surface area (Å²) >= 11 is 0. The van der Waals surface area contributed by atoms with Crippen molar-refractivity contribution < 1.29 is 18.7 Å². The van der Waals surface area contributed by atoms with Gasteiger partial charge >= 0.3 is 0 Å². The molecule has 1 N–H and O–H groups in total. The quantitative estimate of drug-likeness (QED) is 0.600. The first kappa shape index (κ1) is 16.4. The minimum absolute atomic E-state index is 0.149. The Morgan fingerprint density at radius 3 is 2.70 bits per heavy atom. The van der Waals surface area contributed by atoms with E-state index in [2.05, 4.69) is 10.5 Å². The van der Waals surface area contributed by atoms with Gasteiger partial charge in [-0.2, -0.15) is 5.10 Å². The van der Waals surface area contributed by atoms with Crippen LogP contribution in [0.3, 0.4) is 0 Å². The van der Waals surface area contributed by atoms with Crippen LogP contribution in [0, 0.1) is 0 Å². The third-order valence-corrected chi connectivity index (χ3v) is 2.66. The van der Waals surface area contributed by atoms with Crippen LogP contribution in [0.1, 0.15) is 12.7 Å². The van der Waals surface area contributed by atoms with Crippen molar-refractivity contribution in [2.24, 2.45) is 5.10 Å². The zero-order valence-electron chi connectivity index (χ0n) is 12.8. The number of furan rings is 1. The van der Waals surface area contributed by atoms with E-state index in [0.717, 1.165) is 0 Å². The summed E-state index contributed by atoms with van der Waals surface area (Å²) in [6.45, 7) is 2.26. The van der Waals surface area contributed by atoms with Gasteiger partial charge in [-0.25, -0.2) is 5.43 Å². The lowest BCUT2D eigenvalue weighted by molar-refractivity contribution is -0.123. The van der Waals surface area contributed by atoms with Gasteiger partial charge in [0.1, 0.15) is 5.76 Å². The number of nitrogens with one attached hydrogen (secondary N) is 1. The van der Waals surface area contributed by atoms with Crippen LogP contribution in [0.4, 0.5) is 0 Å². The number of ether oxygens (including phenoxy) is 2. The van der Waals surface area contributed by atoms with Crippen LogP contribution in [0.2, 0.25) is 0 Å². The number of carbonyl (C=O) groups is 1. The lowest BCUT2D eigenvalue weighted by atomic mass is 10.3. The van der Waals surface area contributed by atoms with E-state index < -0.39 is 0 Å². The van der Waals surface area contributed by atoms with Gasteiger partial charge in [0.05, 0.1) is 12.9 Å². The van der Waals surface area contributed by atoms with Crippen molar-refractivity contribution in [3.8, 4) is 11.5 Å². The Morgan fingerprint density at radius 1 is 1.22 bits per heavy atom. The van der Waals surface area contributed by atoms with Crippen LogP contribution in [0.15, 0.2) is 58.3 Å². The Hall–Kier alpha value is -3.02. The van der Waals surface area contributed by atoms with E-state index >= 15 is 0 Å². The smallest absolute Gasteiger partial charge is 0.277 e. The van der Waals surface area contributed by atoms with E-state index in [0.29, 0.717) is 23.9 Å². The van der Waals surface area contributed by atoms with Gasteiger partial charge in [-0.1, -0.05) is 12.1 Å². The van der Waals surface area contributed by atoms with Gasteiger partial charge in [-0.3, -0.25) is 4.79 Å². The van der Waals surface area contributed by atoms with Gasteiger partial charge < -0.3 is 13.9 Å². The summed E-state index contributed by atoms with van der Waals surface area (Å²) in [6, 6.07) is 10.8. The molecule has 0 aliphatic heterocycles. The number of benzene rings is 1. The SMILES string of the molecule is CCOc1ccccc1OCC(=O)NN=CC=Cc1ccco1. The largest absolute Gasteiger partial charge is 0.490 e. The fourth-order valence-corrected chi connectivity index (χ4v) is 1.70. The fourth-order valence-electron chi connectivity index (χ4n) is 1.70. The van der Waals surface area contributed by atoms with Crippen molar-refractivity contribution in [1.82, 2.24) is 5.43 Å². The van der Waals surface area contributed by atoms with Gasteiger partial charge in [0.15, 0.2) is 18.1 Å². The second-order valence-electron chi connectivity index (χ2n) is 4.36. The molecule has 0 saturated heterocycles.